The van der Waals surface area contributed by atoms with Crippen molar-refractivity contribution in [2.45, 2.75) is 25.4 Å². The molecular formula is C15H19N3. The maximum atomic E-state index is 9.07. The lowest BCUT2D eigenvalue weighted by molar-refractivity contribution is 0.0720. The van der Waals surface area contributed by atoms with Crippen LogP contribution in [0, 0.1) is 17.2 Å². The third-order valence-corrected chi connectivity index (χ3v) is 4.35. The highest BCUT2D eigenvalue weighted by Crippen LogP contribution is 2.27. The van der Waals surface area contributed by atoms with Gasteiger partial charge in [-0.1, -0.05) is 18.2 Å². The lowest BCUT2D eigenvalue weighted by Crippen LogP contribution is -2.55. The van der Waals surface area contributed by atoms with Gasteiger partial charge in [0.2, 0.25) is 0 Å². The Morgan fingerprint density at radius 2 is 2.06 bits per heavy atom. The Labute approximate surface area is 108 Å². The lowest BCUT2D eigenvalue weighted by Gasteiger charge is -2.45. The largest absolute Gasteiger partial charge is 0.308 e. The van der Waals surface area contributed by atoms with Gasteiger partial charge in [0.25, 0.3) is 0 Å². The van der Waals surface area contributed by atoms with Crippen molar-refractivity contribution in [3.8, 4) is 6.07 Å². The molecule has 1 unspecified atom stereocenters. The number of hydrogen-bond acceptors (Lipinski definition) is 3. The van der Waals surface area contributed by atoms with Gasteiger partial charge >= 0.3 is 0 Å². The van der Waals surface area contributed by atoms with Gasteiger partial charge in [0.1, 0.15) is 0 Å². The second-order valence-electron chi connectivity index (χ2n) is 5.39. The summed E-state index contributed by atoms with van der Waals surface area (Å²) < 4.78 is 0. The third kappa shape index (κ3) is 2.27. The van der Waals surface area contributed by atoms with E-state index in [-0.39, 0.29) is 0 Å². The van der Waals surface area contributed by atoms with E-state index >= 15 is 0 Å². The van der Waals surface area contributed by atoms with Crippen molar-refractivity contribution in [3.05, 3.63) is 35.4 Å². The molecule has 94 valence electrons. The molecule has 2 bridgehead atoms. The predicted molar refractivity (Wildman–Crippen MR) is 70.9 cm³/mol. The van der Waals surface area contributed by atoms with Crippen LogP contribution in [0.5, 0.6) is 0 Å². The monoisotopic (exact) mass is 241 g/mol. The van der Waals surface area contributed by atoms with Crippen LogP contribution in [-0.2, 0) is 6.54 Å². The summed E-state index contributed by atoms with van der Waals surface area (Å²) in [6.45, 7) is 4.55. The second-order valence-corrected chi connectivity index (χ2v) is 5.39. The zero-order chi connectivity index (χ0) is 12.4. The molecule has 4 rings (SSSR count). The zero-order valence-electron chi connectivity index (χ0n) is 10.6. The van der Waals surface area contributed by atoms with Gasteiger partial charge in [0.05, 0.1) is 11.6 Å². The first kappa shape index (κ1) is 11.7. The second kappa shape index (κ2) is 5.09. The lowest BCUT2D eigenvalue weighted by atomic mass is 9.84. The summed E-state index contributed by atoms with van der Waals surface area (Å²) in [7, 11) is 0. The SMILES string of the molecule is N#Cc1ccccc1CNC1CN2CCC1CC2. The van der Waals surface area contributed by atoms with Crippen LogP contribution in [0.1, 0.15) is 24.0 Å². The summed E-state index contributed by atoms with van der Waals surface area (Å²) in [5.41, 5.74) is 1.92. The molecule has 0 aliphatic carbocycles. The van der Waals surface area contributed by atoms with Gasteiger partial charge in [-0.3, -0.25) is 0 Å². The van der Waals surface area contributed by atoms with Crippen molar-refractivity contribution in [1.29, 1.82) is 5.26 Å². The molecule has 18 heavy (non-hydrogen) atoms. The van der Waals surface area contributed by atoms with Crippen LogP contribution < -0.4 is 5.32 Å². The Morgan fingerprint density at radius 1 is 1.28 bits per heavy atom. The van der Waals surface area contributed by atoms with Crippen LogP contribution in [0.15, 0.2) is 24.3 Å². The average Bonchev–Trinajstić information content (AvgIpc) is 2.46. The van der Waals surface area contributed by atoms with E-state index < -0.39 is 0 Å². The van der Waals surface area contributed by atoms with E-state index in [9.17, 15) is 0 Å². The Bertz CT molecular complexity index is 455. The molecular weight excluding hydrogens is 222 g/mol. The minimum absolute atomic E-state index is 0.610. The first-order valence-corrected chi connectivity index (χ1v) is 6.80. The molecule has 3 saturated heterocycles. The van der Waals surface area contributed by atoms with E-state index in [0.29, 0.717) is 6.04 Å². The summed E-state index contributed by atoms with van der Waals surface area (Å²) >= 11 is 0. The van der Waals surface area contributed by atoms with Gasteiger partial charge in [-0.05, 0) is 43.5 Å². The highest BCUT2D eigenvalue weighted by molar-refractivity contribution is 5.37. The molecule has 3 heterocycles. The molecule has 0 spiro atoms. The highest BCUT2D eigenvalue weighted by Gasteiger charge is 2.33. The minimum atomic E-state index is 0.610. The van der Waals surface area contributed by atoms with Crippen LogP contribution in [-0.4, -0.2) is 30.6 Å². The number of nitrogens with one attached hydrogen (secondary N) is 1. The van der Waals surface area contributed by atoms with Crippen molar-refractivity contribution in [1.82, 2.24) is 10.2 Å². The van der Waals surface area contributed by atoms with E-state index in [1.165, 1.54) is 32.5 Å². The maximum absolute atomic E-state index is 9.07. The zero-order valence-corrected chi connectivity index (χ0v) is 10.6. The minimum Gasteiger partial charge on any atom is -0.308 e. The van der Waals surface area contributed by atoms with Gasteiger partial charge in [-0.15, -0.1) is 0 Å². The fraction of sp³-hybridized carbons (Fsp3) is 0.533. The first-order valence-electron chi connectivity index (χ1n) is 6.80. The standard InChI is InChI=1S/C15H19N3/c16-9-13-3-1-2-4-14(13)10-17-15-11-18-7-5-12(15)6-8-18/h1-4,12,15,17H,5-8,10-11H2. The molecule has 3 fully saturated rings. The van der Waals surface area contributed by atoms with Crippen molar-refractivity contribution in [3.63, 3.8) is 0 Å². The first-order chi connectivity index (χ1) is 8.86. The van der Waals surface area contributed by atoms with Gasteiger partial charge in [-0.25, -0.2) is 0 Å². The van der Waals surface area contributed by atoms with Crippen LogP contribution in [0.3, 0.4) is 0 Å². The van der Waals surface area contributed by atoms with Crippen molar-refractivity contribution < 1.29 is 0 Å². The van der Waals surface area contributed by atoms with Crippen LogP contribution in [0.25, 0.3) is 0 Å². The van der Waals surface area contributed by atoms with Crippen LogP contribution >= 0.6 is 0 Å². The van der Waals surface area contributed by atoms with Crippen molar-refractivity contribution in [2.24, 2.45) is 5.92 Å². The predicted octanol–water partition coefficient (Wildman–Crippen LogP) is 1.74. The summed E-state index contributed by atoms with van der Waals surface area (Å²) in [5, 5.41) is 12.7. The molecule has 3 nitrogen and oxygen atoms in total. The normalized spacial score (nSPS) is 30.1. The fourth-order valence-corrected chi connectivity index (χ4v) is 3.22. The van der Waals surface area contributed by atoms with E-state index in [2.05, 4.69) is 16.3 Å². The molecule has 1 aromatic rings. The van der Waals surface area contributed by atoms with Gasteiger partial charge in [0, 0.05) is 19.1 Å². The molecule has 3 aliphatic heterocycles. The molecule has 0 aromatic heterocycles. The molecule has 0 saturated carbocycles. The summed E-state index contributed by atoms with van der Waals surface area (Å²) in [6.07, 6.45) is 2.66. The molecule has 3 heteroatoms. The number of nitrogens with zero attached hydrogens (tertiary/aromatic N) is 2. The van der Waals surface area contributed by atoms with Crippen molar-refractivity contribution in [2.75, 3.05) is 19.6 Å². The number of nitriles is 1. The van der Waals surface area contributed by atoms with Gasteiger partial charge in [0.15, 0.2) is 0 Å². The number of benzene rings is 1. The summed E-state index contributed by atoms with van der Waals surface area (Å²) in [6, 6.07) is 10.8. The van der Waals surface area contributed by atoms with Gasteiger partial charge < -0.3 is 10.2 Å². The van der Waals surface area contributed by atoms with E-state index in [1.54, 1.807) is 0 Å². The van der Waals surface area contributed by atoms with E-state index in [1.807, 2.05) is 24.3 Å². The number of hydrogen-bond donors (Lipinski definition) is 1. The van der Waals surface area contributed by atoms with E-state index in [0.717, 1.165) is 23.6 Å². The highest BCUT2D eigenvalue weighted by atomic mass is 15.2. The number of fused-ring (bicyclic) bond motifs is 3. The van der Waals surface area contributed by atoms with E-state index in [4.69, 9.17) is 5.26 Å². The number of piperidine rings is 3. The Balaban J connectivity index is 1.63. The average molecular weight is 241 g/mol. The quantitative estimate of drug-likeness (QED) is 0.876. The van der Waals surface area contributed by atoms with Crippen molar-refractivity contribution >= 4 is 0 Å². The fourth-order valence-electron chi connectivity index (χ4n) is 3.22. The Kier molecular flexibility index (Phi) is 3.31. The van der Waals surface area contributed by atoms with Crippen LogP contribution in [0.4, 0.5) is 0 Å². The summed E-state index contributed by atoms with van der Waals surface area (Å²) in [5.74, 6) is 0.837. The molecule has 3 aliphatic rings. The topological polar surface area (TPSA) is 39.1 Å². The molecule has 0 amide bonds. The van der Waals surface area contributed by atoms with Gasteiger partial charge in [-0.2, -0.15) is 5.26 Å². The molecule has 1 atom stereocenters. The smallest absolute Gasteiger partial charge is 0.0995 e. The molecule has 1 aromatic carbocycles. The molecule has 0 radical (unpaired) electrons. The third-order valence-electron chi connectivity index (χ3n) is 4.35. The number of rotatable bonds is 3. The maximum Gasteiger partial charge on any atom is 0.0995 e. The Morgan fingerprint density at radius 3 is 2.72 bits per heavy atom. The molecule has 1 N–H and O–H groups in total. The summed E-state index contributed by atoms with van der Waals surface area (Å²) in [4.78, 5) is 2.55. The Hall–Kier alpha value is -1.37. The van der Waals surface area contributed by atoms with Crippen LogP contribution in [0.2, 0.25) is 0 Å².